The summed E-state index contributed by atoms with van der Waals surface area (Å²) in [5.41, 5.74) is 0. The SMILES string of the molecule is CC1C[O+]([O-])CCN1. The highest BCUT2D eigenvalue weighted by Crippen LogP contribution is 1.94. The molecule has 1 rings (SSSR count). The first-order chi connectivity index (χ1) is 3.79. The molecule has 0 bridgehead atoms. The summed E-state index contributed by atoms with van der Waals surface area (Å²) in [6, 6.07) is 0.339. The molecule has 0 saturated carbocycles. The van der Waals surface area contributed by atoms with Crippen LogP contribution in [-0.4, -0.2) is 25.8 Å². The van der Waals surface area contributed by atoms with E-state index in [1.54, 1.807) is 4.52 Å². The Bertz CT molecular complexity index is 68.8. The fourth-order valence-corrected chi connectivity index (χ4v) is 0.840. The molecule has 0 spiro atoms. The Balaban J connectivity index is 2.23. The van der Waals surface area contributed by atoms with E-state index in [-0.39, 0.29) is 0 Å². The highest BCUT2D eigenvalue weighted by atomic mass is 17.2. The van der Waals surface area contributed by atoms with Crippen LogP contribution in [0.15, 0.2) is 0 Å². The second-order valence-corrected chi connectivity index (χ2v) is 2.17. The van der Waals surface area contributed by atoms with E-state index in [9.17, 15) is 5.26 Å². The van der Waals surface area contributed by atoms with Gasteiger partial charge in [-0.1, -0.05) is 0 Å². The zero-order valence-corrected chi connectivity index (χ0v) is 5.02. The van der Waals surface area contributed by atoms with Crippen LogP contribution in [0.2, 0.25) is 0 Å². The van der Waals surface area contributed by atoms with Crippen LogP contribution >= 0.6 is 0 Å². The maximum absolute atomic E-state index is 10.5. The Hall–Kier alpha value is -0.120. The molecule has 0 radical (unpaired) electrons. The van der Waals surface area contributed by atoms with Gasteiger partial charge in [-0.2, -0.15) is 0 Å². The zero-order valence-electron chi connectivity index (χ0n) is 5.02. The van der Waals surface area contributed by atoms with E-state index in [2.05, 4.69) is 5.32 Å². The molecule has 0 aromatic rings. The van der Waals surface area contributed by atoms with Gasteiger partial charge in [-0.25, -0.2) is 0 Å². The summed E-state index contributed by atoms with van der Waals surface area (Å²) < 4.78 is 1.80. The first kappa shape index (κ1) is 6.01. The van der Waals surface area contributed by atoms with Crippen LogP contribution in [0.1, 0.15) is 6.92 Å². The van der Waals surface area contributed by atoms with E-state index in [4.69, 9.17) is 0 Å². The van der Waals surface area contributed by atoms with Gasteiger partial charge in [0.2, 0.25) is 0 Å². The van der Waals surface area contributed by atoms with Gasteiger partial charge in [-0.05, 0) is 6.92 Å². The summed E-state index contributed by atoms with van der Waals surface area (Å²) in [6.45, 7) is 3.91. The van der Waals surface area contributed by atoms with Crippen LogP contribution in [0.3, 0.4) is 0 Å². The van der Waals surface area contributed by atoms with Crippen molar-refractivity contribution in [1.82, 2.24) is 5.32 Å². The van der Waals surface area contributed by atoms with Gasteiger partial charge in [0.25, 0.3) is 0 Å². The summed E-state index contributed by atoms with van der Waals surface area (Å²) in [4.78, 5) is 0. The molecule has 0 aromatic carbocycles. The number of morpholine rings is 1. The van der Waals surface area contributed by atoms with Gasteiger partial charge in [0.15, 0.2) is 13.2 Å². The normalized spacial score (nSPS) is 33.0. The van der Waals surface area contributed by atoms with Crippen LogP contribution in [0, 0.1) is 0 Å². The van der Waals surface area contributed by atoms with Crippen molar-refractivity contribution in [3.8, 4) is 0 Å². The van der Waals surface area contributed by atoms with Crippen molar-refractivity contribution in [2.75, 3.05) is 19.8 Å². The molecule has 48 valence electrons. The van der Waals surface area contributed by atoms with Crippen molar-refractivity contribution in [2.45, 2.75) is 13.0 Å². The third kappa shape index (κ3) is 1.43. The predicted octanol–water partition coefficient (Wildman–Crippen LogP) is -1.19. The third-order valence-electron chi connectivity index (χ3n) is 1.26. The molecule has 1 aliphatic rings. The third-order valence-corrected chi connectivity index (χ3v) is 1.26. The van der Waals surface area contributed by atoms with Crippen LogP contribution in [-0.2, 0) is 4.52 Å². The Morgan fingerprint density at radius 2 is 2.50 bits per heavy atom. The molecular formula is C5H11NO2. The van der Waals surface area contributed by atoms with Crippen molar-refractivity contribution >= 4 is 0 Å². The molecule has 1 N–H and O–H groups in total. The molecule has 1 unspecified atom stereocenters. The minimum atomic E-state index is 0.339. The highest BCUT2D eigenvalue weighted by molar-refractivity contribution is 4.63. The molecule has 1 fully saturated rings. The van der Waals surface area contributed by atoms with Crippen LogP contribution in [0.5, 0.6) is 0 Å². The fraction of sp³-hybridized carbons (Fsp3) is 1.00. The van der Waals surface area contributed by atoms with Gasteiger partial charge in [-0.15, -0.1) is 0 Å². The van der Waals surface area contributed by atoms with Crippen LogP contribution in [0.4, 0.5) is 0 Å². The van der Waals surface area contributed by atoms with Gasteiger partial charge in [-0.3, -0.25) is 0 Å². The Kier molecular flexibility index (Phi) is 1.83. The maximum atomic E-state index is 10.5. The standard InChI is InChI=1S/C5H11NO2/c1-5-4-8(7)3-2-6-5/h5-6H,2-4H2,1H3. The van der Waals surface area contributed by atoms with E-state index in [1.165, 1.54) is 0 Å². The van der Waals surface area contributed by atoms with Gasteiger partial charge in [0.05, 0.1) is 12.6 Å². The van der Waals surface area contributed by atoms with Crippen molar-refractivity contribution < 1.29 is 9.78 Å². The molecule has 1 atom stereocenters. The predicted molar refractivity (Wildman–Crippen MR) is 28.3 cm³/mol. The first-order valence-electron chi connectivity index (χ1n) is 2.87. The van der Waals surface area contributed by atoms with Gasteiger partial charge in [0.1, 0.15) is 0 Å². The van der Waals surface area contributed by atoms with Gasteiger partial charge in [0, 0.05) is 0 Å². The lowest BCUT2D eigenvalue weighted by Crippen LogP contribution is -2.48. The number of nitrogens with one attached hydrogen (secondary N) is 1. The number of hydrogen-bond acceptors (Lipinski definition) is 2. The highest BCUT2D eigenvalue weighted by Gasteiger charge is 2.13. The van der Waals surface area contributed by atoms with E-state index < -0.39 is 0 Å². The summed E-state index contributed by atoms with van der Waals surface area (Å²) in [5.74, 6) is 0. The molecule has 0 aromatic heterocycles. The van der Waals surface area contributed by atoms with E-state index in [0.29, 0.717) is 19.3 Å². The molecule has 8 heavy (non-hydrogen) atoms. The average molecular weight is 117 g/mol. The zero-order chi connectivity index (χ0) is 5.98. The lowest BCUT2D eigenvalue weighted by Gasteiger charge is -2.29. The lowest BCUT2D eigenvalue weighted by molar-refractivity contribution is -0.797. The van der Waals surface area contributed by atoms with Gasteiger partial charge >= 0.3 is 0 Å². The Morgan fingerprint density at radius 1 is 1.75 bits per heavy atom. The first-order valence-corrected chi connectivity index (χ1v) is 2.87. The molecule has 1 aliphatic heterocycles. The quantitative estimate of drug-likeness (QED) is 0.320. The average Bonchev–Trinajstić information content (AvgIpc) is 1.64. The topological polar surface area (TPSA) is 37.8 Å². The number of hydrogen-bond donors (Lipinski definition) is 1. The minimum Gasteiger partial charge on any atom is -0.534 e. The molecule has 1 heterocycles. The maximum Gasteiger partial charge on any atom is 0.166 e. The van der Waals surface area contributed by atoms with Crippen molar-refractivity contribution in [2.24, 2.45) is 0 Å². The van der Waals surface area contributed by atoms with Crippen molar-refractivity contribution in [1.29, 1.82) is 0 Å². The van der Waals surface area contributed by atoms with Crippen molar-refractivity contribution in [3.05, 3.63) is 0 Å². The van der Waals surface area contributed by atoms with Crippen molar-refractivity contribution in [3.63, 3.8) is 0 Å². The van der Waals surface area contributed by atoms with E-state index >= 15 is 0 Å². The molecule has 1 saturated heterocycles. The van der Waals surface area contributed by atoms with Crippen LogP contribution in [0.25, 0.3) is 0 Å². The van der Waals surface area contributed by atoms with E-state index in [0.717, 1.165) is 6.54 Å². The van der Waals surface area contributed by atoms with Crippen LogP contribution < -0.4 is 10.6 Å². The summed E-state index contributed by atoms with van der Waals surface area (Å²) in [7, 11) is 0. The molecule has 0 aliphatic carbocycles. The summed E-state index contributed by atoms with van der Waals surface area (Å²) in [6.07, 6.45) is 0. The molecule has 3 heteroatoms. The fourth-order valence-electron chi connectivity index (χ4n) is 0.840. The largest absolute Gasteiger partial charge is 0.534 e. The smallest absolute Gasteiger partial charge is 0.166 e. The Labute approximate surface area is 48.9 Å². The molecule has 3 nitrogen and oxygen atoms in total. The second kappa shape index (κ2) is 2.44. The lowest BCUT2D eigenvalue weighted by atomic mass is 10.3. The van der Waals surface area contributed by atoms with E-state index in [1.807, 2.05) is 6.92 Å². The minimum absolute atomic E-state index is 0.339. The second-order valence-electron chi connectivity index (χ2n) is 2.17. The Morgan fingerprint density at radius 3 is 2.88 bits per heavy atom. The molecular weight excluding hydrogens is 106 g/mol. The number of rotatable bonds is 0. The monoisotopic (exact) mass is 117 g/mol. The summed E-state index contributed by atoms with van der Waals surface area (Å²) >= 11 is 0. The van der Waals surface area contributed by atoms with Gasteiger partial charge < -0.3 is 15.1 Å². The molecule has 0 amide bonds. The summed E-state index contributed by atoms with van der Waals surface area (Å²) in [5, 5.41) is 13.6.